The Bertz CT molecular complexity index is 429. The first-order valence-corrected chi connectivity index (χ1v) is 4.91. The van der Waals surface area contributed by atoms with Crippen LogP contribution in [0.5, 0.6) is 0 Å². The lowest BCUT2D eigenvalue weighted by Crippen LogP contribution is -2.36. The highest BCUT2D eigenvalue weighted by Gasteiger charge is 2.05. The molecule has 4 heteroatoms. The van der Waals surface area contributed by atoms with E-state index in [-0.39, 0.29) is 5.91 Å². The van der Waals surface area contributed by atoms with E-state index in [0.29, 0.717) is 12.1 Å². The maximum absolute atomic E-state index is 11.7. The van der Waals surface area contributed by atoms with Gasteiger partial charge in [-0.25, -0.2) is 5.01 Å². The van der Waals surface area contributed by atoms with Crippen LogP contribution in [0.25, 0.3) is 0 Å². The van der Waals surface area contributed by atoms with Crippen molar-refractivity contribution in [2.45, 2.75) is 0 Å². The predicted octanol–water partition coefficient (Wildman–Crippen LogP) is 0.203. The van der Waals surface area contributed by atoms with E-state index in [1.807, 2.05) is 6.07 Å². The molecule has 0 aliphatic rings. The van der Waals surface area contributed by atoms with Gasteiger partial charge in [-0.1, -0.05) is 17.9 Å². The van der Waals surface area contributed by atoms with Gasteiger partial charge in [-0.05, 0) is 18.2 Å². The van der Waals surface area contributed by atoms with Gasteiger partial charge in [0.1, 0.15) is 0 Å². The molecule has 0 aliphatic carbocycles. The lowest BCUT2D eigenvalue weighted by molar-refractivity contribution is 0.0857. The van der Waals surface area contributed by atoms with Crippen molar-refractivity contribution in [3.63, 3.8) is 0 Å². The lowest BCUT2D eigenvalue weighted by atomic mass is 10.1. The Kier molecular flexibility index (Phi) is 4.52. The predicted molar refractivity (Wildman–Crippen MR) is 63.5 cm³/mol. The summed E-state index contributed by atoms with van der Waals surface area (Å²) in [7, 11) is 3.52. The minimum absolute atomic E-state index is 0.151. The molecule has 1 rings (SSSR count). The molecule has 0 spiro atoms. The summed E-state index contributed by atoms with van der Waals surface area (Å²) in [4.78, 5) is 11.7. The lowest BCUT2D eigenvalue weighted by Gasteiger charge is -2.11. The highest BCUT2D eigenvalue weighted by molar-refractivity contribution is 5.94. The summed E-state index contributed by atoms with van der Waals surface area (Å²) in [5.74, 6) is 5.48. The van der Waals surface area contributed by atoms with E-state index in [0.717, 1.165) is 5.56 Å². The van der Waals surface area contributed by atoms with Crippen LogP contribution in [0.1, 0.15) is 15.9 Å². The van der Waals surface area contributed by atoms with E-state index in [1.54, 1.807) is 37.3 Å². The molecule has 1 amide bonds. The Labute approximate surface area is 95.4 Å². The van der Waals surface area contributed by atoms with Crippen LogP contribution in [0.2, 0.25) is 0 Å². The standard InChI is InChI=1S/C12H15N3O/c1-15(2)14-12(16)11-7-3-5-10(9-11)6-4-8-13/h3,5,7,9H,8,13H2,1-2H3,(H,14,16). The monoisotopic (exact) mass is 217 g/mol. The van der Waals surface area contributed by atoms with Gasteiger partial charge < -0.3 is 5.73 Å². The molecule has 0 bridgehead atoms. The minimum Gasteiger partial charge on any atom is -0.320 e. The van der Waals surface area contributed by atoms with Gasteiger partial charge in [-0.2, -0.15) is 0 Å². The van der Waals surface area contributed by atoms with Crippen molar-refractivity contribution in [3.05, 3.63) is 35.4 Å². The molecular formula is C12H15N3O. The number of carbonyl (C=O) groups is 1. The second kappa shape index (κ2) is 5.91. The number of nitrogens with two attached hydrogens (primary N) is 1. The second-order valence-electron chi connectivity index (χ2n) is 3.42. The van der Waals surface area contributed by atoms with Gasteiger partial charge >= 0.3 is 0 Å². The fourth-order valence-corrected chi connectivity index (χ4v) is 1.16. The van der Waals surface area contributed by atoms with E-state index in [2.05, 4.69) is 17.3 Å². The Morgan fingerprint density at radius 1 is 1.50 bits per heavy atom. The van der Waals surface area contributed by atoms with E-state index in [1.165, 1.54) is 0 Å². The molecule has 0 atom stereocenters. The van der Waals surface area contributed by atoms with Gasteiger partial charge in [0.25, 0.3) is 5.91 Å². The van der Waals surface area contributed by atoms with Crippen molar-refractivity contribution in [1.29, 1.82) is 0 Å². The summed E-state index contributed by atoms with van der Waals surface area (Å²) in [5, 5.41) is 1.60. The van der Waals surface area contributed by atoms with Gasteiger partial charge in [-0.15, -0.1) is 0 Å². The van der Waals surface area contributed by atoms with Crippen molar-refractivity contribution in [1.82, 2.24) is 10.4 Å². The summed E-state index contributed by atoms with van der Waals surface area (Å²) in [6.07, 6.45) is 0. The van der Waals surface area contributed by atoms with Crippen LogP contribution in [0.3, 0.4) is 0 Å². The van der Waals surface area contributed by atoms with Crippen molar-refractivity contribution in [2.24, 2.45) is 5.73 Å². The average Bonchev–Trinajstić information content (AvgIpc) is 2.26. The van der Waals surface area contributed by atoms with E-state index in [4.69, 9.17) is 5.73 Å². The molecule has 0 heterocycles. The molecule has 1 aromatic carbocycles. The molecule has 0 aliphatic heterocycles. The Hall–Kier alpha value is -1.83. The maximum atomic E-state index is 11.7. The number of hydrogen-bond donors (Lipinski definition) is 2. The molecule has 0 fully saturated rings. The highest BCUT2D eigenvalue weighted by atomic mass is 16.2. The third-order valence-corrected chi connectivity index (χ3v) is 1.78. The van der Waals surface area contributed by atoms with Crippen LogP contribution in [-0.4, -0.2) is 31.6 Å². The van der Waals surface area contributed by atoms with E-state index < -0.39 is 0 Å². The zero-order valence-corrected chi connectivity index (χ0v) is 9.45. The van der Waals surface area contributed by atoms with Gasteiger partial charge in [-0.3, -0.25) is 10.2 Å². The quantitative estimate of drug-likeness (QED) is 0.549. The first-order valence-electron chi connectivity index (χ1n) is 4.91. The van der Waals surface area contributed by atoms with Gasteiger partial charge in [0, 0.05) is 25.2 Å². The average molecular weight is 217 g/mol. The zero-order valence-electron chi connectivity index (χ0n) is 9.45. The van der Waals surface area contributed by atoms with Crippen LogP contribution in [-0.2, 0) is 0 Å². The molecule has 16 heavy (non-hydrogen) atoms. The normalized spacial score (nSPS) is 9.50. The van der Waals surface area contributed by atoms with Crippen molar-refractivity contribution in [2.75, 3.05) is 20.6 Å². The van der Waals surface area contributed by atoms with E-state index in [9.17, 15) is 4.79 Å². The Morgan fingerprint density at radius 2 is 2.25 bits per heavy atom. The second-order valence-corrected chi connectivity index (χ2v) is 3.42. The van der Waals surface area contributed by atoms with Crippen LogP contribution in [0.4, 0.5) is 0 Å². The van der Waals surface area contributed by atoms with Gasteiger partial charge in [0.05, 0.1) is 6.54 Å². The fraction of sp³-hybridized carbons (Fsp3) is 0.250. The molecule has 1 aromatic rings. The van der Waals surface area contributed by atoms with Crippen LogP contribution >= 0.6 is 0 Å². The highest BCUT2D eigenvalue weighted by Crippen LogP contribution is 2.03. The molecule has 3 N–H and O–H groups in total. The van der Waals surface area contributed by atoms with Crippen LogP contribution in [0, 0.1) is 11.8 Å². The topological polar surface area (TPSA) is 58.4 Å². The summed E-state index contributed by atoms with van der Waals surface area (Å²) >= 11 is 0. The van der Waals surface area contributed by atoms with Crippen molar-refractivity contribution in [3.8, 4) is 11.8 Å². The number of amides is 1. The molecule has 0 saturated carbocycles. The molecule has 84 valence electrons. The smallest absolute Gasteiger partial charge is 0.265 e. The van der Waals surface area contributed by atoms with E-state index >= 15 is 0 Å². The zero-order chi connectivity index (χ0) is 12.0. The number of hydrazine groups is 1. The summed E-state index contributed by atoms with van der Waals surface area (Å²) in [5.41, 5.74) is 9.31. The first kappa shape index (κ1) is 12.2. The maximum Gasteiger partial charge on any atom is 0.265 e. The number of carbonyl (C=O) groups excluding carboxylic acids is 1. The number of nitrogens with zero attached hydrogens (tertiary/aromatic N) is 1. The molecule has 0 radical (unpaired) electrons. The van der Waals surface area contributed by atoms with Gasteiger partial charge in [0.2, 0.25) is 0 Å². The summed E-state index contributed by atoms with van der Waals surface area (Å²) in [6, 6.07) is 7.12. The number of hydrogen-bond acceptors (Lipinski definition) is 3. The molecule has 0 saturated heterocycles. The number of benzene rings is 1. The Balaban J connectivity index is 2.85. The molecule has 0 aromatic heterocycles. The third kappa shape index (κ3) is 3.73. The molecule has 0 unspecified atom stereocenters. The largest absolute Gasteiger partial charge is 0.320 e. The van der Waals surface area contributed by atoms with Crippen LogP contribution in [0.15, 0.2) is 24.3 Å². The van der Waals surface area contributed by atoms with Crippen LogP contribution < -0.4 is 11.2 Å². The minimum atomic E-state index is -0.151. The fourth-order valence-electron chi connectivity index (χ4n) is 1.16. The first-order chi connectivity index (χ1) is 7.63. The van der Waals surface area contributed by atoms with Crippen molar-refractivity contribution < 1.29 is 4.79 Å². The third-order valence-electron chi connectivity index (χ3n) is 1.78. The molecular weight excluding hydrogens is 202 g/mol. The SMILES string of the molecule is CN(C)NC(=O)c1cccc(C#CCN)c1. The summed E-state index contributed by atoms with van der Waals surface area (Å²) < 4.78 is 0. The number of nitrogens with one attached hydrogen (secondary N) is 1. The molecule has 4 nitrogen and oxygen atoms in total. The number of rotatable bonds is 2. The summed E-state index contributed by atoms with van der Waals surface area (Å²) in [6.45, 7) is 0.314. The van der Waals surface area contributed by atoms with Crippen molar-refractivity contribution >= 4 is 5.91 Å². The Morgan fingerprint density at radius 3 is 2.88 bits per heavy atom. The van der Waals surface area contributed by atoms with Gasteiger partial charge in [0.15, 0.2) is 0 Å².